The minimum atomic E-state index is -0.453. The number of nitrogens with zero attached hydrogens (tertiary/aromatic N) is 1. The highest BCUT2D eigenvalue weighted by Gasteiger charge is 2.24. The van der Waals surface area contributed by atoms with E-state index < -0.39 is 4.92 Å². The molecule has 1 N–H and O–H groups in total. The molecular formula is C13H17BrN2O3. The van der Waals surface area contributed by atoms with Crippen LogP contribution in [0.4, 0.5) is 5.69 Å². The largest absolute Gasteiger partial charge is 0.346 e. The van der Waals surface area contributed by atoms with Gasteiger partial charge in [-0.25, -0.2) is 0 Å². The lowest BCUT2D eigenvalue weighted by molar-refractivity contribution is -0.385. The number of alkyl halides is 1. The summed E-state index contributed by atoms with van der Waals surface area (Å²) in [6.07, 6.45) is 0.788. The molecule has 1 unspecified atom stereocenters. The molecule has 1 atom stereocenters. The lowest BCUT2D eigenvalue weighted by atomic mass is 10.0. The van der Waals surface area contributed by atoms with E-state index in [1.54, 1.807) is 6.92 Å². The molecule has 0 radical (unpaired) electrons. The number of amides is 1. The summed E-state index contributed by atoms with van der Waals surface area (Å²) in [6.45, 7) is 5.55. The molecule has 1 aromatic carbocycles. The molecule has 0 aliphatic heterocycles. The topological polar surface area (TPSA) is 72.2 Å². The zero-order valence-corrected chi connectivity index (χ0v) is 12.8. The number of aryl methyl sites for hydroxylation is 1. The maximum atomic E-state index is 12.1. The van der Waals surface area contributed by atoms with Gasteiger partial charge in [0.25, 0.3) is 11.6 Å². The monoisotopic (exact) mass is 328 g/mol. The number of carbonyl (C=O) groups is 1. The van der Waals surface area contributed by atoms with Crippen molar-refractivity contribution in [2.45, 2.75) is 32.7 Å². The number of nitro groups is 1. The Balaban J connectivity index is 2.96. The van der Waals surface area contributed by atoms with Gasteiger partial charge < -0.3 is 5.32 Å². The van der Waals surface area contributed by atoms with Crippen molar-refractivity contribution in [1.82, 2.24) is 5.32 Å². The number of nitrogens with one attached hydrogen (secondary N) is 1. The molecular weight excluding hydrogens is 312 g/mol. The lowest BCUT2D eigenvalue weighted by Gasteiger charge is -2.27. The predicted molar refractivity (Wildman–Crippen MR) is 77.8 cm³/mol. The summed E-state index contributed by atoms with van der Waals surface area (Å²) < 4.78 is 0. The molecule has 1 rings (SSSR count). The van der Waals surface area contributed by atoms with E-state index in [9.17, 15) is 14.9 Å². The van der Waals surface area contributed by atoms with Gasteiger partial charge in [-0.3, -0.25) is 14.9 Å². The molecule has 0 bridgehead atoms. The van der Waals surface area contributed by atoms with Crippen LogP contribution in [0.3, 0.4) is 0 Å². The third-order valence-electron chi connectivity index (χ3n) is 3.15. The van der Waals surface area contributed by atoms with Gasteiger partial charge in [-0.1, -0.05) is 22.9 Å². The molecule has 0 aliphatic rings. The van der Waals surface area contributed by atoms with E-state index in [2.05, 4.69) is 21.2 Å². The zero-order valence-electron chi connectivity index (χ0n) is 11.2. The highest BCUT2D eigenvalue weighted by atomic mass is 79.9. The van der Waals surface area contributed by atoms with Crippen molar-refractivity contribution in [3.05, 3.63) is 39.4 Å². The molecule has 1 aromatic rings. The Kier molecular flexibility index (Phi) is 5.05. The molecule has 5 nitrogen and oxygen atoms in total. The quantitative estimate of drug-likeness (QED) is 0.512. The molecule has 0 fully saturated rings. The normalized spacial score (nSPS) is 13.7. The number of rotatable bonds is 5. The second-order valence-electron chi connectivity index (χ2n) is 4.76. The highest BCUT2D eigenvalue weighted by molar-refractivity contribution is 9.09. The minimum absolute atomic E-state index is 0.0234. The van der Waals surface area contributed by atoms with Crippen molar-refractivity contribution in [3.63, 3.8) is 0 Å². The number of hydrogen-bond acceptors (Lipinski definition) is 3. The fraction of sp³-hybridized carbons (Fsp3) is 0.462. The van der Waals surface area contributed by atoms with Gasteiger partial charge in [0.2, 0.25) is 0 Å². The van der Waals surface area contributed by atoms with Crippen LogP contribution in [0.2, 0.25) is 0 Å². The Morgan fingerprint density at radius 3 is 2.58 bits per heavy atom. The third-order valence-corrected chi connectivity index (χ3v) is 4.38. The average molecular weight is 329 g/mol. The molecule has 0 aliphatic carbocycles. The Morgan fingerprint density at radius 1 is 1.53 bits per heavy atom. The number of hydrogen-bond donors (Lipinski definition) is 1. The first-order chi connectivity index (χ1) is 8.83. The molecule has 104 valence electrons. The minimum Gasteiger partial charge on any atom is -0.346 e. The van der Waals surface area contributed by atoms with Gasteiger partial charge in [0.15, 0.2) is 0 Å². The highest BCUT2D eigenvalue weighted by Crippen LogP contribution is 2.20. The summed E-state index contributed by atoms with van der Waals surface area (Å²) in [6, 6.07) is 4.38. The summed E-state index contributed by atoms with van der Waals surface area (Å²) in [5, 5.41) is 14.3. The van der Waals surface area contributed by atoms with Gasteiger partial charge in [0.1, 0.15) is 0 Å². The average Bonchev–Trinajstić information content (AvgIpc) is 2.37. The predicted octanol–water partition coefficient (Wildman–Crippen LogP) is 3.20. The number of halogens is 1. The van der Waals surface area contributed by atoms with E-state index in [1.165, 1.54) is 18.2 Å². The van der Waals surface area contributed by atoms with Crippen LogP contribution in [0.1, 0.15) is 36.2 Å². The van der Waals surface area contributed by atoms with Crippen LogP contribution >= 0.6 is 15.9 Å². The van der Waals surface area contributed by atoms with Crippen molar-refractivity contribution in [1.29, 1.82) is 0 Å². The Labute approximate surface area is 120 Å². The molecule has 0 saturated heterocycles. The van der Waals surface area contributed by atoms with E-state index in [4.69, 9.17) is 0 Å². The molecule has 1 amide bonds. The smallest absolute Gasteiger partial charge is 0.272 e. The molecule has 0 heterocycles. The number of benzene rings is 1. The molecule has 0 aromatic heterocycles. The second kappa shape index (κ2) is 6.14. The van der Waals surface area contributed by atoms with Gasteiger partial charge >= 0.3 is 0 Å². The third kappa shape index (κ3) is 3.76. The number of nitro benzene ring substituents is 1. The van der Waals surface area contributed by atoms with Crippen LogP contribution in [0.15, 0.2) is 18.2 Å². The summed E-state index contributed by atoms with van der Waals surface area (Å²) in [5.74, 6) is -0.221. The van der Waals surface area contributed by atoms with Gasteiger partial charge in [-0.15, -0.1) is 0 Å². The van der Waals surface area contributed by atoms with Crippen molar-refractivity contribution < 1.29 is 9.72 Å². The van der Waals surface area contributed by atoms with Crippen molar-refractivity contribution in [3.8, 4) is 0 Å². The Hall–Kier alpha value is -1.43. The Morgan fingerprint density at radius 2 is 2.16 bits per heavy atom. The van der Waals surface area contributed by atoms with Gasteiger partial charge in [0, 0.05) is 28.1 Å². The van der Waals surface area contributed by atoms with Crippen LogP contribution in [-0.2, 0) is 0 Å². The zero-order chi connectivity index (χ0) is 14.6. The SMILES string of the molecule is CCC(C)(CBr)NC(=O)c1ccc([N+](=O)[O-])c(C)c1. The molecule has 6 heteroatoms. The summed E-state index contributed by atoms with van der Waals surface area (Å²) in [7, 11) is 0. The van der Waals surface area contributed by atoms with Gasteiger partial charge in [-0.05, 0) is 32.4 Å². The second-order valence-corrected chi connectivity index (χ2v) is 5.32. The fourth-order valence-corrected chi connectivity index (χ4v) is 2.10. The van der Waals surface area contributed by atoms with Crippen LogP contribution in [0.25, 0.3) is 0 Å². The maximum absolute atomic E-state index is 12.1. The van der Waals surface area contributed by atoms with Crippen LogP contribution in [0.5, 0.6) is 0 Å². The van der Waals surface area contributed by atoms with Crippen molar-refractivity contribution >= 4 is 27.5 Å². The summed E-state index contributed by atoms with van der Waals surface area (Å²) >= 11 is 3.37. The molecule has 0 saturated carbocycles. The van der Waals surface area contributed by atoms with E-state index in [0.717, 1.165) is 6.42 Å². The molecule has 19 heavy (non-hydrogen) atoms. The van der Waals surface area contributed by atoms with Gasteiger partial charge in [-0.2, -0.15) is 0 Å². The van der Waals surface area contributed by atoms with E-state index in [1.807, 2.05) is 13.8 Å². The van der Waals surface area contributed by atoms with Crippen LogP contribution in [-0.4, -0.2) is 21.7 Å². The van der Waals surface area contributed by atoms with E-state index >= 15 is 0 Å². The van der Waals surface area contributed by atoms with E-state index in [-0.39, 0.29) is 17.1 Å². The van der Waals surface area contributed by atoms with E-state index in [0.29, 0.717) is 16.5 Å². The number of carbonyl (C=O) groups excluding carboxylic acids is 1. The van der Waals surface area contributed by atoms with Crippen LogP contribution < -0.4 is 5.32 Å². The molecule has 0 spiro atoms. The first-order valence-electron chi connectivity index (χ1n) is 5.96. The van der Waals surface area contributed by atoms with Crippen molar-refractivity contribution in [2.75, 3.05) is 5.33 Å². The maximum Gasteiger partial charge on any atom is 0.272 e. The Bertz CT molecular complexity index is 499. The van der Waals surface area contributed by atoms with Crippen molar-refractivity contribution in [2.24, 2.45) is 0 Å². The van der Waals surface area contributed by atoms with Gasteiger partial charge in [0.05, 0.1) is 4.92 Å². The first kappa shape index (κ1) is 15.6. The lowest BCUT2D eigenvalue weighted by Crippen LogP contribution is -2.46. The standard InChI is InChI=1S/C13H17BrN2O3/c1-4-13(3,8-14)15-12(17)10-5-6-11(16(18)19)9(2)7-10/h5-7H,4,8H2,1-3H3,(H,15,17). The fourth-order valence-electron chi connectivity index (χ4n) is 1.56. The van der Waals surface area contributed by atoms with Crippen LogP contribution in [0, 0.1) is 17.0 Å². The summed E-state index contributed by atoms with van der Waals surface area (Å²) in [5.41, 5.74) is 0.612. The summed E-state index contributed by atoms with van der Waals surface area (Å²) in [4.78, 5) is 22.4. The first-order valence-corrected chi connectivity index (χ1v) is 7.08.